The fraction of sp³-hybridized carbons (Fsp3) is 0.545. The zero-order chi connectivity index (χ0) is 9.97. The summed E-state index contributed by atoms with van der Waals surface area (Å²) in [6.45, 7) is 6.61. The van der Waals surface area contributed by atoms with Gasteiger partial charge in [-0.1, -0.05) is 0 Å². The molecule has 2 heterocycles. The van der Waals surface area contributed by atoms with Crippen LogP contribution in [0.5, 0.6) is 0 Å². The molecule has 1 aliphatic heterocycles. The highest BCUT2D eigenvalue weighted by Gasteiger charge is 2.13. The lowest BCUT2D eigenvalue weighted by Crippen LogP contribution is -2.44. The topological polar surface area (TPSA) is 19.4 Å². The number of hydrogen-bond donors (Lipinski definition) is 0. The van der Waals surface area contributed by atoms with E-state index in [0.29, 0.717) is 0 Å². The first-order chi connectivity index (χ1) is 6.75. The minimum absolute atomic E-state index is 1.11. The van der Waals surface area contributed by atoms with Crippen molar-refractivity contribution in [1.29, 1.82) is 0 Å². The molecule has 0 spiro atoms. The summed E-state index contributed by atoms with van der Waals surface area (Å²) in [5.74, 6) is 0. The third kappa shape index (κ3) is 2.04. The van der Waals surface area contributed by atoms with Gasteiger partial charge in [-0.3, -0.25) is 4.98 Å². The van der Waals surface area contributed by atoms with Crippen LogP contribution in [0.4, 0.5) is 5.69 Å². The number of pyridine rings is 1. The third-order valence-electron chi connectivity index (χ3n) is 2.73. The normalized spacial score (nSPS) is 18.6. The van der Waals surface area contributed by atoms with E-state index in [1.165, 1.54) is 11.3 Å². The lowest BCUT2D eigenvalue weighted by atomic mass is 10.2. The highest BCUT2D eigenvalue weighted by molar-refractivity contribution is 5.46. The van der Waals surface area contributed by atoms with Gasteiger partial charge in [-0.15, -0.1) is 0 Å². The van der Waals surface area contributed by atoms with Gasteiger partial charge in [0.1, 0.15) is 0 Å². The molecular formula is C11H17N3. The highest BCUT2D eigenvalue weighted by atomic mass is 15.2. The van der Waals surface area contributed by atoms with Crippen LogP contribution in [-0.4, -0.2) is 43.1 Å². The number of aromatic nitrogens is 1. The lowest BCUT2D eigenvalue weighted by molar-refractivity contribution is 0.313. The van der Waals surface area contributed by atoms with Crippen molar-refractivity contribution >= 4 is 5.69 Å². The van der Waals surface area contributed by atoms with Crippen LogP contribution in [0.2, 0.25) is 0 Å². The van der Waals surface area contributed by atoms with Crippen molar-refractivity contribution in [3.63, 3.8) is 0 Å². The van der Waals surface area contributed by atoms with E-state index in [1.54, 1.807) is 0 Å². The number of piperazine rings is 1. The first-order valence-corrected chi connectivity index (χ1v) is 5.11. The van der Waals surface area contributed by atoms with Crippen LogP contribution in [0.3, 0.4) is 0 Å². The summed E-state index contributed by atoms with van der Waals surface area (Å²) in [4.78, 5) is 8.99. The Labute approximate surface area is 85.4 Å². The van der Waals surface area contributed by atoms with Crippen molar-refractivity contribution in [2.75, 3.05) is 38.1 Å². The van der Waals surface area contributed by atoms with Crippen LogP contribution in [0, 0.1) is 6.92 Å². The standard InChI is InChI=1S/C11H17N3/c1-10-7-11(9-12-8-10)14-5-3-13(2)4-6-14/h7-9H,3-6H2,1-2H3. The summed E-state index contributed by atoms with van der Waals surface area (Å²) < 4.78 is 0. The summed E-state index contributed by atoms with van der Waals surface area (Å²) in [6, 6.07) is 2.21. The Balaban J connectivity index is 2.08. The molecule has 1 aromatic rings. The van der Waals surface area contributed by atoms with Crippen molar-refractivity contribution in [2.45, 2.75) is 6.92 Å². The van der Waals surface area contributed by atoms with E-state index in [4.69, 9.17) is 0 Å². The molecule has 0 atom stereocenters. The minimum atomic E-state index is 1.11. The van der Waals surface area contributed by atoms with Gasteiger partial charge in [-0.25, -0.2) is 0 Å². The van der Waals surface area contributed by atoms with Crippen molar-refractivity contribution in [3.8, 4) is 0 Å². The first kappa shape index (κ1) is 9.46. The third-order valence-corrected chi connectivity index (χ3v) is 2.73. The molecule has 14 heavy (non-hydrogen) atoms. The maximum atomic E-state index is 4.22. The van der Waals surface area contributed by atoms with Crippen LogP contribution in [0.15, 0.2) is 18.5 Å². The van der Waals surface area contributed by atoms with Crippen molar-refractivity contribution in [2.24, 2.45) is 0 Å². The van der Waals surface area contributed by atoms with Gasteiger partial charge in [-0.05, 0) is 25.6 Å². The molecule has 1 aromatic heterocycles. The number of hydrogen-bond acceptors (Lipinski definition) is 3. The first-order valence-electron chi connectivity index (χ1n) is 5.11. The van der Waals surface area contributed by atoms with Gasteiger partial charge in [0.15, 0.2) is 0 Å². The molecule has 1 aliphatic rings. The lowest BCUT2D eigenvalue weighted by Gasteiger charge is -2.33. The predicted octanol–water partition coefficient (Wildman–Crippen LogP) is 1.14. The molecule has 2 rings (SSSR count). The number of anilines is 1. The van der Waals surface area contributed by atoms with Crippen molar-refractivity contribution in [1.82, 2.24) is 9.88 Å². The smallest absolute Gasteiger partial charge is 0.0556 e. The molecule has 0 unspecified atom stereocenters. The molecule has 3 heteroatoms. The number of aryl methyl sites for hydroxylation is 1. The summed E-state index contributed by atoms with van der Waals surface area (Å²) in [5, 5.41) is 0. The second kappa shape index (κ2) is 3.96. The maximum Gasteiger partial charge on any atom is 0.0556 e. The largest absolute Gasteiger partial charge is 0.368 e. The molecule has 0 saturated carbocycles. The number of nitrogens with zero attached hydrogens (tertiary/aromatic N) is 3. The van der Waals surface area contributed by atoms with Gasteiger partial charge < -0.3 is 9.80 Å². The number of rotatable bonds is 1. The monoisotopic (exact) mass is 191 g/mol. The van der Waals surface area contributed by atoms with E-state index in [2.05, 4.69) is 34.8 Å². The van der Waals surface area contributed by atoms with Crippen LogP contribution in [-0.2, 0) is 0 Å². The fourth-order valence-corrected chi connectivity index (χ4v) is 1.78. The van der Waals surface area contributed by atoms with Gasteiger partial charge in [-0.2, -0.15) is 0 Å². The Morgan fingerprint density at radius 1 is 1.14 bits per heavy atom. The Kier molecular flexibility index (Phi) is 2.68. The predicted molar refractivity (Wildman–Crippen MR) is 58.7 cm³/mol. The van der Waals surface area contributed by atoms with E-state index >= 15 is 0 Å². The Morgan fingerprint density at radius 3 is 2.50 bits per heavy atom. The summed E-state index contributed by atoms with van der Waals surface area (Å²) >= 11 is 0. The molecule has 0 aliphatic carbocycles. The maximum absolute atomic E-state index is 4.22. The SMILES string of the molecule is Cc1cncc(N2CCN(C)CC2)c1. The summed E-state index contributed by atoms with van der Waals surface area (Å²) in [7, 11) is 2.17. The summed E-state index contributed by atoms with van der Waals surface area (Å²) in [5.41, 5.74) is 2.50. The van der Waals surface area contributed by atoms with E-state index in [9.17, 15) is 0 Å². The van der Waals surface area contributed by atoms with Gasteiger partial charge >= 0.3 is 0 Å². The Hall–Kier alpha value is -1.09. The van der Waals surface area contributed by atoms with Gasteiger partial charge in [0, 0.05) is 32.4 Å². The molecule has 76 valence electrons. The van der Waals surface area contributed by atoms with Crippen molar-refractivity contribution in [3.05, 3.63) is 24.0 Å². The van der Waals surface area contributed by atoms with Crippen LogP contribution in [0.25, 0.3) is 0 Å². The molecule has 0 radical (unpaired) electrons. The molecule has 0 aromatic carbocycles. The zero-order valence-corrected chi connectivity index (χ0v) is 8.90. The molecule has 1 fully saturated rings. The van der Waals surface area contributed by atoms with Gasteiger partial charge in [0.25, 0.3) is 0 Å². The molecule has 3 nitrogen and oxygen atoms in total. The quantitative estimate of drug-likeness (QED) is 0.663. The van der Waals surface area contributed by atoms with Gasteiger partial charge in [0.05, 0.1) is 11.9 Å². The molecular weight excluding hydrogens is 174 g/mol. The van der Waals surface area contributed by atoms with E-state index in [-0.39, 0.29) is 0 Å². The number of likely N-dealkylation sites (N-methyl/N-ethyl adjacent to an activating group) is 1. The van der Waals surface area contributed by atoms with Crippen LogP contribution < -0.4 is 4.90 Å². The van der Waals surface area contributed by atoms with Gasteiger partial charge in [0.2, 0.25) is 0 Å². The highest BCUT2D eigenvalue weighted by Crippen LogP contribution is 2.15. The molecule has 0 amide bonds. The van der Waals surface area contributed by atoms with E-state index in [0.717, 1.165) is 26.2 Å². The Bertz CT molecular complexity index is 303. The van der Waals surface area contributed by atoms with E-state index < -0.39 is 0 Å². The minimum Gasteiger partial charge on any atom is -0.368 e. The second-order valence-electron chi connectivity index (χ2n) is 4.01. The average molecular weight is 191 g/mol. The van der Waals surface area contributed by atoms with Crippen LogP contribution in [0.1, 0.15) is 5.56 Å². The second-order valence-corrected chi connectivity index (χ2v) is 4.01. The Morgan fingerprint density at radius 2 is 1.86 bits per heavy atom. The molecule has 1 saturated heterocycles. The summed E-state index contributed by atoms with van der Waals surface area (Å²) in [6.07, 6.45) is 3.86. The zero-order valence-electron chi connectivity index (χ0n) is 8.90. The van der Waals surface area contributed by atoms with E-state index in [1.807, 2.05) is 12.4 Å². The molecule has 0 N–H and O–H groups in total. The average Bonchev–Trinajstić information content (AvgIpc) is 2.19. The fourth-order valence-electron chi connectivity index (χ4n) is 1.78. The molecule has 0 bridgehead atoms. The van der Waals surface area contributed by atoms with Crippen LogP contribution >= 0.6 is 0 Å². The van der Waals surface area contributed by atoms with Crippen molar-refractivity contribution < 1.29 is 0 Å².